The van der Waals surface area contributed by atoms with E-state index in [0.717, 1.165) is 14.7 Å². The third-order valence-electron chi connectivity index (χ3n) is 2.35. The van der Waals surface area contributed by atoms with Crippen LogP contribution in [-0.2, 0) is 0 Å². The molecule has 0 spiro atoms. The van der Waals surface area contributed by atoms with E-state index in [1.807, 2.05) is 18.2 Å². The third-order valence-corrected chi connectivity index (χ3v) is 3.52. The lowest BCUT2D eigenvalue weighted by molar-refractivity contribution is 0.0697. The molecule has 2 nitrogen and oxygen atoms in total. The Balaban J connectivity index is 2.58. The van der Waals surface area contributed by atoms with E-state index in [-0.39, 0.29) is 5.56 Å². The van der Waals surface area contributed by atoms with Gasteiger partial charge in [-0.2, -0.15) is 0 Å². The molecule has 0 amide bonds. The first-order valence-electron chi connectivity index (χ1n) is 4.87. The minimum absolute atomic E-state index is 0.278. The van der Waals surface area contributed by atoms with Gasteiger partial charge in [-0.15, -0.1) is 0 Å². The maximum absolute atomic E-state index is 10.9. The topological polar surface area (TPSA) is 37.3 Å². The highest BCUT2D eigenvalue weighted by Gasteiger charge is 2.08. The SMILES string of the molecule is O=C(O)c1ccc(I)c(-c2cccc(Cl)c2)c1. The molecule has 2 aromatic rings. The summed E-state index contributed by atoms with van der Waals surface area (Å²) in [5.74, 6) is -0.926. The number of carboxylic acids is 1. The van der Waals surface area contributed by atoms with Gasteiger partial charge in [-0.3, -0.25) is 0 Å². The summed E-state index contributed by atoms with van der Waals surface area (Å²) in [6.45, 7) is 0. The maximum atomic E-state index is 10.9. The number of hydrogen-bond donors (Lipinski definition) is 1. The Morgan fingerprint density at radius 3 is 2.59 bits per heavy atom. The molecule has 0 atom stereocenters. The summed E-state index contributed by atoms with van der Waals surface area (Å²) in [4.78, 5) is 10.9. The molecule has 0 radical (unpaired) electrons. The van der Waals surface area contributed by atoms with Crippen LogP contribution in [0.5, 0.6) is 0 Å². The molecule has 0 aliphatic heterocycles. The standard InChI is InChI=1S/C13H8ClIO2/c14-10-3-1-2-8(6-10)11-7-9(13(16)17)4-5-12(11)15/h1-7H,(H,16,17). The number of carbonyl (C=O) groups is 1. The van der Waals surface area contributed by atoms with E-state index >= 15 is 0 Å². The third kappa shape index (κ3) is 2.79. The van der Waals surface area contributed by atoms with Crippen LogP contribution < -0.4 is 0 Å². The van der Waals surface area contributed by atoms with E-state index in [2.05, 4.69) is 22.6 Å². The van der Waals surface area contributed by atoms with Gasteiger partial charge in [0.05, 0.1) is 5.56 Å². The summed E-state index contributed by atoms with van der Waals surface area (Å²) in [5, 5.41) is 9.61. The van der Waals surface area contributed by atoms with Crippen molar-refractivity contribution < 1.29 is 9.90 Å². The van der Waals surface area contributed by atoms with Crippen molar-refractivity contribution in [3.05, 3.63) is 56.6 Å². The van der Waals surface area contributed by atoms with Crippen molar-refractivity contribution >= 4 is 40.2 Å². The molecule has 0 bridgehead atoms. The van der Waals surface area contributed by atoms with Crippen LogP contribution in [0.25, 0.3) is 11.1 Å². The van der Waals surface area contributed by atoms with Gasteiger partial charge in [0.2, 0.25) is 0 Å². The summed E-state index contributed by atoms with van der Waals surface area (Å²) in [6.07, 6.45) is 0. The van der Waals surface area contributed by atoms with E-state index in [1.54, 1.807) is 24.3 Å². The first kappa shape index (κ1) is 12.4. The number of aromatic carboxylic acids is 1. The van der Waals surface area contributed by atoms with Crippen LogP contribution in [-0.4, -0.2) is 11.1 Å². The number of hydrogen-bond acceptors (Lipinski definition) is 1. The molecule has 0 heterocycles. The Morgan fingerprint density at radius 2 is 1.94 bits per heavy atom. The summed E-state index contributed by atoms with van der Waals surface area (Å²) in [7, 11) is 0. The predicted molar refractivity (Wildman–Crippen MR) is 76.6 cm³/mol. The lowest BCUT2D eigenvalue weighted by atomic mass is 10.0. The Kier molecular flexibility index (Phi) is 3.69. The summed E-state index contributed by atoms with van der Waals surface area (Å²) in [6, 6.07) is 12.4. The monoisotopic (exact) mass is 358 g/mol. The molecule has 0 unspecified atom stereocenters. The van der Waals surface area contributed by atoms with Crippen molar-refractivity contribution in [1.82, 2.24) is 0 Å². The van der Waals surface area contributed by atoms with E-state index < -0.39 is 5.97 Å². The predicted octanol–water partition coefficient (Wildman–Crippen LogP) is 4.31. The molecule has 0 aliphatic carbocycles. The van der Waals surface area contributed by atoms with E-state index in [0.29, 0.717) is 5.02 Å². The van der Waals surface area contributed by atoms with Crippen LogP contribution in [0, 0.1) is 3.57 Å². The number of halogens is 2. The largest absolute Gasteiger partial charge is 0.478 e. The van der Waals surface area contributed by atoms with Gasteiger partial charge >= 0.3 is 5.97 Å². The van der Waals surface area contributed by atoms with Gasteiger partial charge in [0.15, 0.2) is 0 Å². The highest BCUT2D eigenvalue weighted by atomic mass is 127. The lowest BCUT2D eigenvalue weighted by Crippen LogP contribution is -1.97. The quantitative estimate of drug-likeness (QED) is 0.812. The number of benzene rings is 2. The molecule has 0 fully saturated rings. The highest BCUT2D eigenvalue weighted by molar-refractivity contribution is 14.1. The summed E-state index contributed by atoms with van der Waals surface area (Å²) in [5.41, 5.74) is 2.08. The van der Waals surface area contributed by atoms with Gasteiger partial charge in [0, 0.05) is 8.59 Å². The van der Waals surface area contributed by atoms with Crippen molar-refractivity contribution in [2.45, 2.75) is 0 Å². The zero-order valence-corrected chi connectivity index (χ0v) is 11.6. The van der Waals surface area contributed by atoms with Crippen LogP contribution >= 0.6 is 34.2 Å². The van der Waals surface area contributed by atoms with E-state index in [1.165, 1.54) is 0 Å². The van der Waals surface area contributed by atoms with Crippen molar-refractivity contribution in [1.29, 1.82) is 0 Å². The molecule has 86 valence electrons. The average Bonchev–Trinajstić information content (AvgIpc) is 2.29. The molecular formula is C13H8ClIO2. The summed E-state index contributed by atoms with van der Waals surface area (Å²) >= 11 is 8.11. The highest BCUT2D eigenvalue weighted by Crippen LogP contribution is 2.28. The molecule has 0 saturated heterocycles. The normalized spacial score (nSPS) is 10.2. The molecule has 1 N–H and O–H groups in total. The molecule has 17 heavy (non-hydrogen) atoms. The fourth-order valence-electron chi connectivity index (χ4n) is 1.54. The van der Waals surface area contributed by atoms with E-state index in [9.17, 15) is 4.79 Å². The zero-order valence-electron chi connectivity index (χ0n) is 8.65. The van der Waals surface area contributed by atoms with Crippen LogP contribution in [0.15, 0.2) is 42.5 Å². The van der Waals surface area contributed by atoms with Gasteiger partial charge in [-0.1, -0.05) is 23.7 Å². The van der Waals surface area contributed by atoms with Crippen molar-refractivity contribution in [2.75, 3.05) is 0 Å². The minimum Gasteiger partial charge on any atom is -0.478 e. The number of carboxylic acid groups (broad SMARTS) is 1. The van der Waals surface area contributed by atoms with Crippen LogP contribution in [0.2, 0.25) is 5.02 Å². The lowest BCUT2D eigenvalue weighted by Gasteiger charge is -2.06. The molecule has 2 rings (SSSR count). The van der Waals surface area contributed by atoms with Crippen molar-refractivity contribution in [3.63, 3.8) is 0 Å². The number of rotatable bonds is 2. The minimum atomic E-state index is -0.926. The zero-order chi connectivity index (χ0) is 12.4. The fourth-order valence-corrected chi connectivity index (χ4v) is 2.37. The van der Waals surface area contributed by atoms with E-state index in [4.69, 9.17) is 16.7 Å². The Morgan fingerprint density at radius 1 is 1.18 bits per heavy atom. The van der Waals surface area contributed by atoms with Crippen LogP contribution in [0.3, 0.4) is 0 Å². The first-order valence-corrected chi connectivity index (χ1v) is 6.32. The smallest absolute Gasteiger partial charge is 0.335 e. The van der Waals surface area contributed by atoms with Gasteiger partial charge in [0.25, 0.3) is 0 Å². The Labute approximate surface area is 117 Å². The maximum Gasteiger partial charge on any atom is 0.335 e. The second-order valence-electron chi connectivity index (χ2n) is 3.51. The van der Waals surface area contributed by atoms with Gasteiger partial charge in [0.1, 0.15) is 0 Å². The van der Waals surface area contributed by atoms with Gasteiger partial charge < -0.3 is 5.11 Å². The van der Waals surface area contributed by atoms with Crippen molar-refractivity contribution in [2.24, 2.45) is 0 Å². The molecule has 0 saturated carbocycles. The first-order chi connectivity index (χ1) is 8.08. The Hall–Kier alpha value is -1.07. The Bertz CT molecular complexity index is 581. The second-order valence-corrected chi connectivity index (χ2v) is 5.11. The average molecular weight is 359 g/mol. The van der Waals surface area contributed by atoms with Crippen LogP contribution in [0.4, 0.5) is 0 Å². The fraction of sp³-hybridized carbons (Fsp3) is 0. The molecule has 4 heteroatoms. The molecule has 0 aliphatic rings. The van der Waals surface area contributed by atoms with Crippen molar-refractivity contribution in [3.8, 4) is 11.1 Å². The molecule has 2 aromatic carbocycles. The molecule has 0 aromatic heterocycles. The van der Waals surface area contributed by atoms with Gasteiger partial charge in [-0.05, 0) is 64.0 Å². The van der Waals surface area contributed by atoms with Crippen LogP contribution in [0.1, 0.15) is 10.4 Å². The molecular weight excluding hydrogens is 350 g/mol. The summed E-state index contributed by atoms with van der Waals surface area (Å²) < 4.78 is 0.995. The van der Waals surface area contributed by atoms with Gasteiger partial charge in [-0.25, -0.2) is 4.79 Å². The second kappa shape index (κ2) is 5.06.